The molecule has 1 N–H and O–H groups in total. The number of amides is 1. The van der Waals surface area contributed by atoms with Crippen LogP contribution in [0.2, 0.25) is 5.02 Å². The van der Waals surface area contributed by atoms with Crippen molar-refractivity contribution in [3.8, 4) is 5.69 Å². The van der Waals surface area contributed by atoms with Crippen molar-refractivity contribution < 1.29 is 14.7 Å². The maximum atomic E-state index is 13.1. The number of halogens is 1. The van der Waals surface area contributed by atoms with Crippen LogP contribution in [-0.2, 0) is 4.79 Å². The second-order valence-electron chi connectivity index (χ2n) is 6.27. The largest absolute Gasteiger partial charge is 0.481 e. The fraction of sp³-hybridized carbons (Fsp3) is 0.158. The first-order chi connectivity index (χ1) is 13.0. The minimum absolute atomic E-state index is 0.0664. The lowest BCUT2D eigenvalue weighted by molar-refractivity contribution is -0.138. The van der Waals surface area contributed by atoms with E-state index >= 15 is 0 Å². The van der Waals surface area contributed by atoms with E-state index in [1.54, 1.807) is 55.5 Å². The first kappa shape index (κ1) is 17.2. The molecule has 1 amide bonds. The van der Waals surface area contributed by atoms with Crippen molar-refractivity contribution >= 4 is 29.2 Å². The highest BCUT2D eigenvalue weighted by Gasteiger charge is 2.38. The van der Waals surface area contributed by atoms with E-state index in [0.717, 1.165) is 0 Å². The van der Waals surface area contributed by atoms with Gasteiger partial charge in [0.15, 0.2) is 5.69 Å². The zero-order valence-corrected chi connectivity index (χ0v) is 15.1. The molecule has 0 radical (unpaired) electrons. The predicted octanol–water partition coefficient (Wildman–Crippen LogP) is 3.06. The van der Waals surface area contributed by atoms with Crippen molar-refractivity contribution in [1.82, 2.24) is 15.0 Å². The Labute approximate surface area is 159 Å². The lowest BCUT2D eigenvalue weighted by Crippen LogP contribution is -2.32. The Bertz CT molecular complexity index is 1060. The third-order valence-corrected chi connectivity index (χ3v) is 4.77. The summed E-state index contributed by atoms with van der Waals surface area (Å²) in [5, 5.41) is 18.6. The Balaban J connectivity index is 1.71. The number of nitrogens with zero attached hydrogens (tertiary/aromatic N) is 4. The van der Waals surface area contributed by atoms with Gasteiger partial charge >= 0.3 is 5.97 Å². The number of para-hydroxylation sites is 1. The molecule has 0 fully saturated rings. The Morgan fingerprint density at radius 2 is 1.93 bits per heavy atom. The number of hydrogen-bond donors (Lipinski definition) is 1. The maximum absolute atomic E-state index is 13.1. The number of aliphatic carboxylic acids is 1. The summed E-state index contributed by atoms with van der Waals surface area (Å²) in [6.07, 6.45) is 0. The summed E-state index contributed by atoms with van der Waals surface area (Å²) in [4.78, 5) is 27.5. The molecule has 0 bridgehead atoms. The molecule has 2 heterocycles. The Morgan fingerprint density at radius 1 is 1.15 bits per heavy atom. The number of hydrogen-bond acceptors (Lipinski definition) is 4. The van der Waals surface area contributed by atoms with Gasteiger partial charge in [0, 0.05) is 17.3 Å². The van der Waals surface area contributed by atoms with E-state index in [2.05, 4.69) is 10.2 Å². The van der Waals surface area contributed by atoms with E-state index in [1.807, 2.05) is 0 Å². The number of carboxylic acid groups (broad SMARTS) is 1. The topological polar surface area (TPSA) is 88.3 Å². The quantitative estimate of drug-likeness (QED) is 0.752. The molecule has 0 aliphatic carbocycles. The predicted molar refractivity (Wildman–Crippen MR) is 99.6 cm³/mol. The number of carbonyl (C=O) groups is 2. The van der Waals surface area contributed by atoms with E-state index in [0.29, 0.717) is 27.7 Å². The summed E-state index contributed by atoms with van der Waals surface area (Å²) < 4.78 is 0. The molecule has 0 saturated carbocycles. The van der Waals surface area contributed by atoms with Crippen molar-refractivity contribution in [2.75, 3.05) is 11.4 Å². The normalized spacial score (nSPS) is 15.6. The lowest BCUT2D eigenvalue weighted by Gasteiger charge is -2.16. The molecule has 2 aromatic carbocycles. The second-order valence-corrected chi connectivity index (χ2v) is 6.71. The van der Waals surface area contributed by atoms with Gasteiger partial charge in [-0.2, -0.15) is 9.90 Å². The van der Waals surface area contributed by atoms with E-state index in [4.69, 9.17) is 11.6 Å². The molecule has 1 aliphatic rings. The van der Waals surface area contributed by atoms with Crippen LogP contribution in [0, 0.1) is 6.92 Å². The van der Waals surface area contributed by atoms with Crippen LogP contribution >= 0.6 is 11.6 Å². The van der Waals surface area contributed by atoms with E-state index in [9.17, 15) is 14.7 Å². The van der Waals surface area contributed by atoms with Gasteiger partial charge in [-0.25, -0.2) is 0 Å². The minimum atomic E-state index is -0.961. The number of fused-ring (bicyclic) bond motifs is 1. The standard InChI is InChI=1S/C19H15ClN4O3/c1-11-17(22-24(21-11)13-6-4-5-12(20)9-13)18(25)23-10-15(19(26)27)14-7-2-3-8-16(14)23/h2-9,15H,10H2,1H3,(H,26,27). The third-order valence-electron chi connectivity index (χ3n) is 4.54. The minimum Gasteiger partial charge on any atom is -0.481 e. The number of aryl methyl sites for hydroxylation is 1. The Hall–Kier alpha value is -3.19. The summed E-state index contributed by atoms with van der Waals surface area (Å²) in [5.41, 5.74) is 2.48. The molecule has 0 saturated heterocycles. The zero-order valence-electron chi connectivity index (χ0n) is 14.3. The zero-order chi connectivity index (χ0) is 19.1. The van der Waals surface area contributed by atoms with E-state index in [-0.39, 0.29) is 18.1 Å². The molecule has 1 atom stereocenters. The molecule has 1 unspecified atom stereocenters. The van der Waals surface area contributed by atoms with Crippen molar-refractivity contribution in [3.05, 3.63) is 70.5 Å². The van der Waals surface area contributed by atoms with Gasteiger partial charge in [-0.05, 0) is 36.8 Å². The molecular formula is C19H15ClN4O3. The molecule has 3 aromatic rings. The number of aromatic nitrogens is 3. The molecule has 136 valence electrons. The molecule has 4 rings (SSSR count). The average molecular weight is 383 g/mol. The molecule has 7 nitrogen and oxygen atoms in total. The first-order valence-corrected chi connectivity index (χ1v) is 8.67. The molecule has 1 aromatic heterocycles. The monoisotopic (exact) mass is 382 g/mol. The summed E-state index contributed by atoms with van der Waals surface area (Å²) >= 11 is 6.01. The van der Waals surface area contributed by atoms with Crippen LogP contribution in [0.4, 0.5) is 5.69 Å². The fourth-order valence-corrected chi connectivity index (χ4v) is 3.42. The van der Waals surface area contributed by atoms with Gasteiger partial charge in [-0.15, -0.1) is 5.10 Å². The van der Waals surface area contributed by atoms with Gasteiger partial charge in [0.1, 0.15) is 5.92 Å². The molecule has 8 heteroatoms. The first-order valence-electron chi connectivity index (χ1n) is 8.29. The van der Waals surface area contributed by atoms with Crippen molar-refractivity contribution in [3.63, 3.8) is 0 Å². The molecule has 0 spiro atoms. The van der Waals surface area contributed by atoms with Gasteiger partial charge in [0.2, 0.25) is 0 Å². The molecule has 1 aliphatic heterocycles. The number of anilines is 1. The van der Waals surface area contributed by atoms with Gasteiger partial charge in [0.25, 0.3) is 5.91 Å². The van der Waals surface area contributed by atoms with Gasteiger partial charge < -0.3 is 10.0 Å². The van der Waals surface area contributed by atoms with Crippen molar-refractivity contribution in [1.29, 1.82) is 0 Å². The van der Waals surface area contributed by atoms with Gasteiger partial charge in [-0.3, -0.25) is 9.59 Å². The number of carbonyl (C=O) groups excluding carboxylic acids is 1. The highest BCUT2D eigenvalue weighted by Crippen LogP contribution is 2.37. The Kier molecular flexibility index (Phi) is 4.16. The molecular weight excluding hydrogens is 368 g/mol. The van der Waals surface area contributed by atoms with Crippen LogP contribution in [0.15, 0.2) is 48.5 Å². The summed E-state index contributed by atoms with van der Waals surface area (Å²) in [7, 11) is 0. The number of benzene rings is 2. The summed E-state index contributed by atoms with van der Waals surface area (Å²) in [6.45, 7) is 1.76. The number of carboxylic acids is 1. The van der Waals surface area contributed by atoms with Gasteiger partial charge in [0.05, 0.1) is 11.4 Å². The number of rotatable bonds is 3. The average Bonchev–Trinajstić information content (AvgIpc) is 3.22. The van der Waals surface area contributed by atoms with Crippen LogP contribution in [0.5, 0.6) is 0 Å². The van der Waals surface area contributed by atoms with E-state index < -0.39 is 11.9 Å². The van der Waals surface area contributed by atoms with Crippen LogP contribution in [-0.4, -0.2) is 38.5 Å². The second kappa shape index (κ2) is 6.51. The third kappa shape index (κ3) is 2.96. The summed E-state index contributed by atoms with van der Waals surface area (Å²) in [5.74, 6) is -2.09. The van der Waals surface area contributed by atoms with Crippen LogP contribution in [0.1, 0.15) is 27.7 Å². The van der Waals surface area contributed by atoms with E-state index in [1.165, 1.54) is 9.70 Å². The Morgan fingerprint density at radius 3 is 2.67 bits per heavy atom. The maximum Gasteiger partial charge on any atom is 0.312 e. The summed E-state index contributed by atoms with van der Waals surface area (Å²) in [6, 6.07) is 14.0. The smallest absolute Gasteiger partial charge is 0.312 e. The van der Waals surface area contributed by atoms with Crippen molar-refractivity contribution in [2.45, 2.75) is 12.8 Å². The van der Waals surface area contributed by atoms with Crippen LogP contribution < -0.4 is 4.90 Å². The lowest BCUT2D eigenvalue weighted by atomic mass is 10.0. The SMILES string of the molecule is Cc1nn(-c2cccc(Cl)c2)nc1C(=O)N1CC(C(=O)O)c2ccccc21. The fourth-order valence-electron chi connectivity index (χ4n) is 3.23. The highest BCUT2D eigenvalue weighted by atomic mass is 35.5. The van der Waals surface area contributed by atoms with Gasteiger partial charge in [-0.1, -0.05) is 35.9 Å². The van der Waals surface area contributed by atoms with Crippen LogP contribution in [0.25, 0.3) is 5.69 Å². The van der Waals surface area contributed by atoms with Crippen LogP contribution in [0.3, 0.4) is 0 Å². The molecule has 27 heavy (non-hydrogen) atoms. The highest BCUT2D eigenvalue weighted by molar-refractivity contribution is 6.30. The van der Waals surface area contributed by atoms with Crippen molar-refractivity contribution in [2.24, 2.45) is 0 Å².